The highest BCUT2D eigenvalue weighted by Crippen LogP contribution is 2.00. The van der Waals surface area contributed by atoms with E-state index in [2.05, 4.69) is 10.1 Å². The molecule has 0 saturated heterocycles. The van der Waals surface area contributed by atoms with Gasteiger partial charge in [0.25, 0.3) is 6.43 Å². The van der Waals surface area contributed by atoms with Crippen LogP contribution in [0.5, 0.6) is 0 Å². The number of hydrogen-bond donors (Lipinski definition) is 0. The lowest BCUT2D eigenvalue weighted by atomic mass is 10.4. The smallest absolute Gasteiger partial charge is 0.258 e. The molecule has 0 aliphatic rings. The summed E-state index contributed by atoms with van der Waals surface area (Å²) in [5, 5.41) is 3.48. The fourth-order valence-electron chi connectivity index (χ4n) is 0.801. The highest BCUT2D eigenvalue weighted by atomic mass is 19.3. The van der Waals surface area contributed by atoms with Gasteiger partial charge < -0.3 is 0 Å². The minimum atomic E-state index is -2.52. The van der Waals surface area contributed by atoms with Crippen LogP contribution in [0.4, 0.5) is 8.78 Å². The molecule has 0 N–H and O–H groups in total. The molecule has 66 valence electrons. The summed E-state index contributed by atoms with van der Waals surface area (Å²) in [7, 11) is 0. The Morgan fingerprint density at radius 3 is 2.92 bits per heavy atom. The third kappa shape index (κ3) is 1.84. The van der Waals surface area contributed by atoms with Crippen molar-refractivity contribution in [1.82, 2.24) is 14.8 Å². The van der Waals surface area contributed by atoms with E-state index in [1.54, 1.807) is 0 Å². The van der Waals surface area contributed by atoms with Crippen molar-refractivity contribution in [2.45, 2.75) is 19.9 Å². The summed E-state index contributed by atoms with van der Waals surface area (Å²) in [6.07, 6.45) is -1.44. The standard InChI is InChI=1S/C6H7F2N3O/c1-4(12)6-9-3-10-11(6)2-5(7)8/h3,5H,2H2,1H3. The number of nitrogens with zero attached hydrogens (tertiary/aromatic N) is 3. The lowest BCUT2D eigenvalue weighted by Crippen LogP contribution is -2.14. The van der Waals surface area contributed by atoms with E-state index in [-0.39, 0.29) is 11.6 Å². The first-order chi connectivity index (χ1) is 5.61. The summed E-state index contributed by atoms with van der Waals surface area (Å²) in [6.45, 7) is 0.668. The minimum Gasteiger partial charge on any atom is -0.291 e. The summed E-state index contributed by atoms with van der Waals surface area (Å²) >= 11 is 0. The lowest BCUT2D eigenvalue weighted by molar-refractivity contribution is 0.0974. The van der Waals surface area contributed by atoms with E-state index in [9.17, 15) is 13.6 Å². The number of Topliss-reactive ketones (excluding diaryl/α,β-unsaturated/α-hetero) is 1. The molecular formula is C6H7F2N3O. The fraction of sp³-hybridized carbons (Fsp3) is 0.500. The van der Waals surface area contributed by atoms with Crippen LogP contribution >= 0.6 is 0 Å². The molecule has 0 aliphatic carbocycles. The molecule has 0 radical (unpaired) electrons. The van der Waals surface area contributed by atoms with E-state index in [4.69, 9.17) is 0 Å². The maximum Gasteiger partial charge on any atom is 0.258 e. The molecule has 1 rings (SSSR count). The predicted octanol–water partition coefficient (Wildman–Crippen LogP) is 0.746. The van der Waals surface area contributed by atoms with Gasteiger partial charge in [-0.2, -0.15) is 5.10 Å². The quantitative estimate of drug-likeness (QED) is 0.637. The summed E-state index contributed by atoms with van der Waals surface area (Å²) in [5.74, 6) is -0.400. The van der Waals surface area contributed by atoms with Crippen molar-refractivity contribution in [1.29, 1.82) is 0 Å². The van der Waals surface area contributed by atoms with Crippen LogP contribution < -0.4 is 0 Å². The Labute approximate surface area is 67.2 Å². The van der Waals surface area contributed by atoms with E-state index in [0.29, 0.717) is 0 Å². The third-order valence-corrected chi connectivity index (χ3v) is 1.24. The Balaban J connectivity index is 2.84. The lowest BCUT2D eigenvalue weighted by Gasteiger charge is -2.00. The van der Waals surface area contributed by atoms with Gasteiger partial charge in [-0.1, -0.05) is 0 Å². The number of ketones is 1. The molecule has 0 aliphatic heterocycles. The van der Waals surface area contributed by atoms with Gasteiger partial charge in [-0.3, -0.25) is 4.79 Å². The molecule has 0 aromatic carbocycles. The molecule has 1 aromatic heterocycles. The predicted molar refractivity (Wildman–Crippen MR) is 36.0 cm³/mol. The van der Waals surface area contributed by atoms with Gasteiger partial charge in [0.05, 0.1) is 0 Å². The molecule has 0 saturated carbocycles. The number of rotatable bonds is 3. The zero-order valence-electron chi connectivity index (χ0n) is 6.37. The van der Waals surface area contributed by atoms with Crippen molar-refractivity contribution in [3.8, 4) is 0 Å². The van der Waals surface area contributed by atoms with E-state index in [1.165, 1.54) is 6.92 Å². The Morgan fingerprint density at radius 1 is 1.75 bits per heavy atom. The van der Waals surface area contributed by atoms with Crippen LogP contribution in [0.25, 0.3) is 0 Å². The van der Waals surface area contributed by atoms with Gasteiger partial charge in [0.1, 0.15) is 12.9 Å². The summed E-state index contributed by atoms with van der Waals surface area (Å²) in [4.78, 5) is 14.3. The summed E-state index contributed by atoms with van der Waals surface area (Å²) < 4.78 is 24.6. The first kappa shape index (κ1) is 8.76. The van der Waals surface area contributed by atoms with Crippen LogP contribution in [0.2, 0.25) is 0 Å². The number of hydrogen-bond acceptors (Lipinski definition) is 3. The Morgan fingerprint density at radius 2 is 2.42 bits per heavy atom. The molecule has 6 heteroatoms. The van der Waals surface area contributed by atoms with Crippen LogP contribution in [-0.4, -0.2) is 27.0 Å². The van der Waals surface area contributed by atoms with Crippen molar-refractivity contribution in [2.24, 2.45) is 0 Å². The topological polar surface area (TPSA) is 47.8 Å². The van der Waals surface area contributed by atoms with Gasteiger partial charge in [-0.15, -0.1) is 0 Å². The van der Waals surface area contributed by atoms with Crippen LogP contribution in [0.3, 0.4) is 0 Å². The Bertz CT molecular complexity index is 284. The molecule has 0 amide bonds. The molecule has 0 unspecified atom stereocenters. The van der Waals surface area contributed by atoms with Gasteiger partial charge in [-0.25, -0.2) is 18.4 Å². The second kappa shape index (κ2) is 3.38. The molecule has 1 aromatic rings. The van der Waals surface area contributed by atoms with Crippen LogP contribution in [0, 0.1) is 0 Å². The molecule has 4 nitrogen and oxygen atoms in total. The SMILES string of the molecule is CC(=O)c1ncnn1CC(F)F. The average molecular weight is 175 g/mol. The molecule has 12 heavy (non-hydrogen) atoms. The van der Waals surface area contributed by atoms with Crippen molar-refractivity contribution < 1.29 is 13.6 Å². The number of alkyl halides is 2. The van der Waals surface area contributed by atoms with E-state index < -0.39 is 13.0 Å². The van der Waals surface area contributed by atoms with Crippen molar-refractivity contribution in [2.75, 3.05) is 0 Å². The van der Waals surface area contributed by atoms with Gasteiger partial charge in [-0.05, 0) is 0 Å². The average Bonchev–Trinajstić information content (AvgIpc) is 2.33. The van der Waals surface area contributed by atoms with Gasteiger partial charge in [0.2, 0.25) is 0 Å². The normalized spacial score (nSPS) is 10.7. The molecule has 0 fully saturated rings. The maximum absolute atomic E-state index is 11.8. The van der Waals surface area contributed by atoms with Gasteiger partial charge in [0, 0.05) is 6.92 Å². The van der Waals surface area contributed by atoms with Crippen molar-refractivity contribution >= 4 is 5.78 Å². The molecule has 1 heterocycles. The highest BCUT2D eigenvalue weighted by molar-refractivity contribution is 5.90. The number of halogens is 2. The second-order valence-corrected chi connectivity index (χ2v) is 2.21. The molecule has 0 spiro atoms. The maximum atomic E-state index is 11.8. The zero-order chi connectivity index (χ0) is 9.14. The number of aromatic nitrogens is 3. The largest absolute Gasteiger partial charge is 0.291 e. The summed E-state index contributed by atoms with van der Waals surface area (Å²) in [6, 6.07) is 0. The third-order valence-electron chi connectivity index (χ3n) is 1.24. The van der Waals surface area contributed by atoms with Crippen molar-refractivity contribution in [3.05, 3.63) is 12.2 Å². The Kier molecular flexibility index (Phi) is 2.47. The summed E-state index contributed by atoms with van der Waals surface area (Å²) in [5.41, 5.74) is 0. The molecule has 0 atom stereocenters. The minimum absolute atomic E-state index is 0.0321. The van der Waals surface area contributed by atoms with E-state index in [1.807, 2.05) is 0 Å². The first-order valence-corrected chi connectivity index (χ1v) is 3.28. The zero-order valence-corrected chi connectivity index (χ0v) is 6.37. The first-order valence-electron chi connectivity index (χ1n) is 3.28. The van der Waals surface area contributed by atoms with E-state index in [0.717, 1.165) is 11.0 Å². The van der Waals surface area contributed by atoms with Crippen molar-refractivity contribution in [3.63, 3.8) is 0 Å². The molecule has 0 bridgehead atoms. The fourth-order valence-corrected chi connectivity index (χ4v) is 0.801. The van der Waals surface area contributed by atoms with E-state index >= 15 is 0 Å². The number of carbonyl (C=O) groups excluding carboxylic acids is 1. The second-order valence-electron chi connectivity index (χ2n) is 2.21. The number of carbonyl (C=O) groups is 1. The van der Waals surface area contributed by atoms with Gasteiger partial charge in [0.15, 0.2) is 11.6 Å². The van der Waals surface area contributed by atoms with Crippen LogP contribution in [-0.2, 0) is 6.54 Å². The highest BCUT2D eigenvalue weighted by Gasteiger charge is 2.12. The Hall–Kier alpha value is -1.33. The monoisotopic (exact) mass is 175 g/mol. The molecular weight excluding hydrogens is 168 g/mol. The van der Waals surface area contributed by atoms with Crippen LogP contribution in [0.15, 0.2) is 6.33 Å². The van der Waals surface area contributed by atoms with Gasteiger partial charge >= 0.3 is 0 Å². The van der Waals surface area contributed by atoms with Crippen LogP contribution in [0.1, 0.15) is 17.5 Å².